The molecule has 3 heterocycles. The van der Waals surface area contributed by atoms with Crippen molar-refractivity contribution in [2.24, 2.45) is 7.05 Å². The number of amides is 1. The second-order valence-corrected chi connectivity index (χ2v) is 9.22. The lowest BCUT2D eigenvalue weighted by Gasteiger charge is -2.11. The van der Waals surface area contributed by atoms with Gasteiger partial charge in [0.15, 0.2) is 0 Å². The van der Waals surface area contributed by atoms with Crippen LogP contribution >= 0.6 is 0 Å². The van der Waals surface area contributed by atoms with Crippen LogP contribution in [0.4, 0.5) is 18.9 Å². The number of nitrogens with zero attached hydrogens (tertiary/aromatic N) is 5. The van der Waals surface area contributed by atoms with E-state index in [1.165, 1.54) is 6.07 Å². The number of carbonyl (C=O) groups excluding carboxylic acids is 1. The molecule has 0 aliphatic rings. The van der Waals surface area contributed by atoms with Crippen molar-refractivity contribution in [3.63, 3.8) is 0 Å². The highest BCUT2D eigenvalue weighted by Crippen LogP contribution is 2.32. The van der Waals surface area contributed by atoms with E-state index in [4.69, 9.17) is 0 Å². The van der Waals surface area contributed by atoms with E-state index in [0.717, 1.165) is 52.0 Å². The molecule has 0 atom stereocenters. The van der Waals surface area contributed by atoms with Gasteiger partial charge in [0.1, 0.15) is 12.7 Å². The average Bonchev–Trinajstić information content (AvgIpc) is 3.66. The largest absolute Gasteiger partial charge is 0.416 e. The molecule has 0 spiro atoms. The second-order valence-electron chi connectivity index (χ2n) is 9.22. The number of nitrogens with one attached hydrogen (secondary N) is 4. The Labute approximate surface area is 221 Å². The monoisotopic (exact) mass is 539 g/mol. The number of hydrogen-bond acceptors (Lipinski definition) is 6. The Morgan fingerprint density at radius 3 is 2.67 bits per heavy atom. The van der Waals surface area contributed by atoms with E-state index in [1.54, 1.807) is 24.9 Å². The average molecular weight is 540 g/mol. The maximum atomic E-state index is 13.0. The van der Waals surface area contributed by atoms with Gasteiger partial charge < -0.3 is 20.5 Å². The summed E-state index contributed by atoms with van der Waals surface area (Å²) in [6.07, 6.45) is 1.67. The molecule has 0 saturated heterocycles. The van der Waals surface area contributed by atoms with Crippen molar-refractivity contribution in [1.29, 1.82) is 0 Å². The highest BCUT2D eigenvalue weighted by atomic mass is 19.4. The highest BCUT2D eigenvalue weighted by molar-refractivity contribution is 5.93. The maximum Gasteiger partial charge on any atom is 0.416 e. The summed E-state index contributed by atoms with van der Waals surface area (Å²) in [6.45, 7) is 2.08. The van der Waals surface area contributed by atoms with Crippen molar-refractivity contribution < 1.29 is 18.0 Å². The molecule has 0 bridgehead atoms. The second kappa shape index (κ2) is 11.2. The predicted octanol–water partition coefficient (Wildman–Crippen LogP) is 3.75. The summed E-state index contributed by atoms with van der Waals surface area (Å²) in [6, 6.07) is 9.44. The molecule has 10 nitrogen and oxygen atoms in total. The fourth-order valence-electron chi connectivity index (χ4n) is 4.46. The summed E-state index contributed by atoms with van der Waals surface area (Å²) in [4.78, 5) is 12.2. The third kappa shape index (κ3) is 6.03. The fraction of sp³-hybridized carbons (Fsp3) is 0.308. The fourth-order valence-corrected chi connectivity index (χ4v) is 4.46. The zero-order valence-corrected chi connectivity index (χ0v) is 21.2. The van der Waals surface area contributed by atoms with E-state index in [2.05, 4.69) is 36.3 Å². The van der Waals surface area contributed by atoms with E-state index in [0.29, 0.717) is 38.0 Å². The predicted molar refractivity (Wildman–Crippen MR) is 141 cm³/mol. The van der Waals surface area contributed by atoms with Crippen LogP contribution in [0.2, 0.25) is 0 Å². The van der Waals surface area contributed by atoms with Crippen LogP contribution in [0.5, 0.6) is 0 Å². The lowest BCUT2D eigenvalue weighted by atomic mass is 10.1. The van der Waals surface area contributed by atoms with Crippen LogP contribution < -0.4 is 16.0 Å². The van der Waals surface area contributed by atoms with Crippen LogP contribution in [0.3, 0.4) is 0 Å². The van der Waals surface area contributed by atoms with Gasteiger partial charge in [-0.05, 0) is 42.8 Å². The quantitative estimate of drug-likeness (QED) is 0.190. The van der Waals surface area contributed by atoms with Crippen LogP contribution in [-0.2, 0) is 24.6 Å². The number of anilines is 1. The molecule has 0 aliphatic heterocycles. The smallest absolute Gasteiger partial charge is 0.384 e. The summed E-state index contributed by atoms with van der Waals surface area (Å²) < 4.78 is 42.6. The minimum absolute atomic E-state index is 0.0683. The summed E-state index contributed by atoms with van der Waals surface area (Å²) in [5.74, 6) is -0.0683. The number of carbonyl (C=O) groups is 1. The Morgan fingerprint density at radius 1 is 1.05 bits per heavy atom. The summed E-state index contributed by atoms with van der Waals surface area (Å²) >= 11 is 0. The molecule has 0 fully saturated rings. The number of rotatable bonds is 11. The maximum absolute atomic E-state index is 13.0. The SMILES string of the molecule is Cn1c(CNCCC(=O)NCCCNc2cc(-n3cnnc3)cc3[nH]ncc23)cc2cc(C(F)(F)F)ccc21. The van der Waals surface area contributed by atoms with E-state index in [1.807, 2.05) is 28.3 Å². The first kappa shape index (κ1) is 26.2. The molecule has 4 N–H and O–H groups in total. The van der Waals surface area contributed by atoms with Gasteiger partial charge in [-0.3, -0.25) is 14.5 Å². The standard InChI is InChI=1S/C26H28F3N9O/c1-37-20(10-17-9-18(26(27,28)29)3-4-24(17)37)13-30-8-5-25(39)32-7-2-6-31-22-11-19(38-15-34-35-16-38)12-23-21(22)14-33-36-23/h3-4,9-12,14-16,30-31H,2,5-8,13H2,1H3,(H,32,39)(H,33,36). The van der Waals surface area contributed by atoms with Crippen molar-refractivity contribution in [2.75, 3.05) is 25.0 Å². The van der Waals surface area contributed by atoms with Crippen molar-refractivity contribution in [3.05, 3.63) is 66.5 Å². The van der Waals surface area contributed by atoms with Gasteiger partial charge >= 0.3 is 6.18 Å². The number of alkyl halides is 3. The van der Waals surface area contributed by atoms with Crippen molar-refractivity contribution in [3.8, 4) is 5.69 Å². The molecule has 204 valence electrons. The van der Waals surface area contributed by atoms with Gasteiger partial charge in [0, 0.05) is 67.3 Å². The first-order chi connectivity index (χ1) is 18.8. The number of benzene rings is 2. The Balaban J connectivity index is 1.03. The normalized spacial score (nSPS) is 11.9. The van der Waals surface area contributed by atoms with Gasteiger partial charge in [-0.25, -0.2) is 0 Å². The van der Waals surface area contributed by atoms with Crippen LogP contribution in [0, 0.1) is 0 Å². The lowest BCUT2D eigenvalue weighted by Crippen LogP contribution is -2.29. The van der Waals surface area contributed by atoms with Crippen molar-refractivity contribution in [2.45, 2.75) is 25.6 Å². The lowest BCUT2D eigenvalue weighted by molar-refractivity contribution is -0.137. The molecule has 0 saturated carbocycles. The zero-order chi connectivity index (χ0) is 27.4. The molecular weight excluding hydrogens is 511 g/mol. The van der Waals surface area contributed by atoms with Gasteiger partial charge in [0.05, 0.1) is 23.0 Å². The number of H-pyrrole nitrogens is 1. The number of aromatic nitrogens is 6. The van der Waals surface area contributed by atoms with E-state index in [9.17, 15) is 18.0 Å². The molecule has 2 aromatic carbocycles. The van der Waals surface area contributed by atoms with Gasteiger partial charge in [0.2, 0.25) is 5.91 Å². The van der Waals surface area contributed by atoms with Crippen LogP contribution in [-0.4, -0.2) is 55.1 Å². The Morgan fingerprint density at radius 2 is 1.87 bits per heavy atom. The van der Waals surface area contributed by atoms with E-state index < -0.39 is 11.7 Å². The first-order valence-corrected chi connectivity index (χ1v) is 12.5. The van der Waals surface area contributed by atoms with Crippen LogP contribution in [0.1, 0.15) is 24.1 Å². The van der Waals surface area contributed by atoms with Crippen molar-refractivity contribution in [1.82, 2.24) is 40.2 Å². The number of halogens is 3. The number of aromatic amines is 1. The minimum atomic E-state index is -4.37. The summed E-state index contributed by atoms with van der Waals surface area (Å²) in [7, 11) is 1.82. The van der Waals surface area contributed by atoms with Crippen LogP contribution in [0.15, 0.2) is 55.2 Å². The molecule has 3 aromatic heterocycles. The minimum Gasteiger partial charge on any atom is -0.384 e. The van der Waals surface area contributed by atoms with Crippen LogP contribution in [0.25, 0.3) is 27.5 Å². The summed E-state index contributed by atoms with van der Waals surface area (Å²) in [5.41, 5.74) is 3.61. The number of aryl methyl sites for hydroxylation is 1. The molecule has 39 heavy (non-hydrogen) atoms. The zero-order valence-electron chi connectivity index (χ0n) is 21.2. The third-order valence-electron chi connectivity index (χ3n) is 6.56. The van der Waals surface area contributed by atoms with Crippen molar-refractivity contribution >= 4 is 33.4 Å². The molecule has 5 rings (SSSR count). The van der Waals surface area contributed by atoms with Gasteiger partial charge in [-0.2, -0.15) is 18.3 Å². The molecule has 5 aromatic rings. The third-order valence-corrected chi connectivity index (χ3v) is 6.56. The Bertz CT molecular complexity index is 1570. The first-order valence-electron chi connectivity index (χ1n) is 12.5. The summed E-state index contributed by atoms with van der Waals surface area (Å²) in [5, 5.41) is 25.8. The molecule has 1 amide bonds. The molecule has 0 radical (unpaired) electrons. The Hall–Kier alpha value is -4.39. The molecule has 13 heteroatoms. The molecular formula is C26H28F3N9O. The van der Waals surface area contributed by atoms with Gasteiger partial charge in [-0.1, -0.05) is 0 Å². The number of fused-ring (bicyclic) bond motifs is 2. The molecule has 0 unspecified atom stereocenters. The topological polar surface area (TPSA) is 117 Å². The van der Waals surface area contributed by atoms with Gasteiger partial charge in [0.25, 0.3) is 0 Å². The van der Waals surface area contributed by atoms with Gasteiger partial charge in [-0.15, -0.1) is 10.2 Å². The van der Waals surface area contributed by atoms with E-state index >= 15 is 0 Å². The Kier molecular flexibility index (Phi) is 7.50. The molecule has 0 aliphatic carbocycles. The highest BCUT2D eigenvalue weighted by Gasteiger charge is 2.30. The van der Waals surface area contributed by atoms with E-state index in [-0.39, 0.29) is 5.91 Å². The number of hydrogen-bond donors (Lipinski definition) is 4.